The van der Waals surface area contributed by atoms with Crippen molar-refractivity contribution in [3.05, 3.63) is 12.1 Å². The molecular formula is C15H18N4O6S. The number of nitrogens with zero attached hydrogens (tertiary/aromatic N) is 3. The first-order valence-corrected chi connectivity index (χ1v) is 9.37. The van der Waals surface area contributed by atoms with Gasteiger partial charge in [-0.1, -0.05) is 0 Å². The van der Waals surface area contributed by atoms with Crippen molar-refractivity contribution in [2.75, 3.05) is 43.7 Å². The van der Waals surface area contributed by atoms with Gasteiger partial charge in [0.15, 0.2) is 26.6 Å². The molecule has 1 aliphatic rings. The van der Waals surface area contributed by atoms with E-state index in [4.69, 9.17) is 15.2 Å². The number of ether oxygens (including phenoxy) is 2. The number of nitrogen functional groups attached to an aromatic ring is 1. The second-order valence-corrected chi connectivity index (χ2v) is 8.08. The molecule has 2 aromatic rings. The number of hydrogen-bond donors (Lipinski definition) is 2. The summed E-state index contributed by atoms with van der Waals surface area (Å²) in [6.07, 6.45) is 0. The van der Waals surface area contributed by atoms with Gasteiger partial charge in [0.1, 0.15) is 5.82 Å². The molecule has 1 saturated heterocycles. The van der Waals surface area contributed by atoms with Crippen LogP contribution in [0.15, 0.2) is 12.1 Å². The number of carboxylic acids is 1. The van der Waals surface area contributed by atoms with E-state index in [2.05, 4.69) is 9.97 Å². The number of carbonyl (C=O) groups is 1. The summed E-state index contributed by atoms with van der Waals surface area (Å²) in [5.74, 6) is -0.423. The van der Waals surface area contributed by atoms with Crippen molar-refractivity contribution < 1.29 is 27.8 Å². The van der Waals surface area contributed by atoms with Gasteiger partial charge in [0, 0.05) is 24.5 Å². The number of benzene rings is 1. The highest BCUT2D eigenvalue weighted by atomic mass is 32.2. The quantitative estimate of drug-likeness (QED) is 0.736. The lowest BCUT2D eigenvalue weighted by Gasteiger charge is -2.30. The molecule has 0 saturated carbocycles. The van der Waals surface area contributed by atoms with Gasteiger partial charge in [-0.15, -0.1) is 0 Å². The summed E-state index contributed by atoms with van der Waals surface area (Å²) in [7, 11) is -0.717. The summed E-state index contributed by atoms with van der Waals surface area (Å²) in [5.41, 5.74) is 6.50. The fourth-order valence-corrected chi connectivity index (χ4v) is 4.28. The molecule has 2 heterocycles. The van der Waals surface area contributed by atoms with Crippen molar-refractivity contribution in [3.8, 4) is 11.5 Å². The highest BCUT2D eigenvalue weighted by molar-refractivity contribution is 7.92. The minimum absolute atomic E-state index is 0.0876. The van der Waals surface area contributed by atoms with Crippen molar-refractivity contribution in [2.45, 2.75) is 5.25 Å². The molecule has 3 N–H and O–H groups in total. The fourth-order valence-electron chi connectivity index (χ4n) is 2.81. The Morgan fingerprint density at radius 1 is 1.27 bits per heavy atom. The molecule has 0 aliphatic carbocycles. The van der Waals surface area contributed by atoms with Gasteiger partial charge in [-0.3, -0.25) is 4.79 Å². The second kappa shape index (κ2) is 6.48. The van der Waals surface area contributed by atoms with Crippen molar-refractivity contribution in [1.29, 1.82) is 0 Å². The smallest absolute Gasteiger partial charge is 0.323 e. The molecule has 0 spiro atoms. The molecule has 3 rings (SSSR count). The molecule has 0 radical (unpaired) electrons. The summed E-state index contributed by atoms with van der Waals surface area (Å²) in [5, 5.41) is 8.21. The number of sulfone groups is 1. The Bertz CT molecular complexity index is 978. The molecule has 11 heteroatoms. The molecule has 0 bridgehead atoms. The zero-order valence-electron chi connectivity index (χ0n) is 14.2. The van der Waals surface area contributed by atoms with Gasteiger partial charge in [-0.2, -0.15) is 4.98 Å². The first-order valence-electron chi connectivity index (χ1n) is 7.65. The van der Waals surface area contributed by atoms with Crippen LogP contribution in [0, 0.1) is 0 Å². The number of aliphatic carboxylic acids is 1. The Labute approximate surface area is 149 Å². The van der Waals surface area contributed by atoms with Crippen LogP contribution in [0.4, 0.5) is 11.8 Å². The second-order valence-electron chi connectivity index (χ2n) is 5.77. The summed E-state index contributed by atoms with van der Waals surface area (Å²) in [6.45, 7) is -0.153. The molecule has 1 aliphatic heterocycles. The predicted octanol–water partition coefficient (Wildman–Crippen LogP) is -0.0828. The van der Waals surface area contributed by atoms with E-state index in [0.717, 1.165) is 0 Å². The normalized spacial score (nSPS) is 19.3. The molecule has 26 heavy (non-hydrogen) atoms. The first-order chi connectivity index (χ1) is 12.3. The van der Waals surface area contributed by atoms with Gasteiger partial charge < -0.3 is 25.2 Å². The van der Waals surface area contributed by atoms with Crippen LogP contribution in [0.2, 0.25) is 0 Å². The standard InChI is InChI=1S/C15H18N4O6S/c1-24-10-5-8-9(6-11(10)25-2)17-15(18-13(8)16)19-3-4-26(22,23)12(7-19)14(20)21/h5-6,12H,3-4,7H2,1-2H3,(H,20,21)(H2,16,17,18). The van der Waals surface area contributed by atoms with Crippen LogP contribution in [0.1, 0.15) is 0 Å². The van der Waals surface area contributed by atoms with Crippen molar-refractivity contribution in [3.63, 3.8) is 0 Å². The molecule has 1 atom stereocenters. The highest BCUT2D eigenvalue weighted by Gasteiger charge is 2.39. The minimum Gasteiger partial charge on any atom is -0.493 e. The third-order valence-corrected chi connectivity index (χ3v) is 6.21. The maximum Gasteiger partial charge on any atom is 0.323 e. The SMILES string of the molecule is COc1cc2nc(N3CCS(=O)(=O)C(C(=O)O)C3)nc(N)c2cc1OC. The number of anilines is 2. The van der Waals surface area contributed by atoms with E-state index in [0.29, 0.717) is 22.4 Å². The third-order valence-electron chi connectivity index (χ3n) is 4.24. The first kappa shape index (κ1) is 18.0. The number of hydrogen-bond acceptors (Lipinski definition) is 9. The van der Waals surface area contributed by atoms with E-state index in [9.17, 15) is 18.3 Å². The summed E-state index contributed by atoms with van der Waals surface area (Å²) < 4.78 is 34.3. The molecule has 10 nitrogen and oxygen atoms in total. The molecule has 1 aromatic carbocycles. The number of fused-ring (bicyclic) bond motifs is 1. The lowest BCUT2D eigenvalue weighted by atomic mass is 10.2. The Balaban J connectivity index is 2.05. The predicted molar refractivity (Wildman–Crippen MR) is 94.5 cm³/mol. The van der Waals surface area contributed by atoms with E-state index in [1.54, 1.807) is 12.1 Å². The van der Waals surface area contributed by atoms with E-state index in [-0.39, 0.29) is 30.6 Å². The van der Waals surface area contributed by atoms with Crippen molar-refractivity contribution in [2.24, 2.45) is 0 Å². The lowest BCUT2D eigenvalue weighted by Crippen LogP contribution is -2.51. The Morgan fingerprint density at radius 2 is 1.92 bits per heavy atom. The van der Waals surface area contributed by atoms with Crippen LogP contribution in [-0.4, -0.2) is 67.8 Å². The average Bonchev–Trinajstić information content (AvgIpc) is 2.59. The average molecular weight is 382 g/mol. The topological polar surface area (TPSA) is 145 Å². The van der Waals surface area contributed by atoms with Gasteiger partial charge in [-0.05, 0) is 6.07 Å². The van der Waals surface area contributed by atoms with E-state index < -0.39 is 21.1 Å². The van der Waals surface area contributed by atoms with Crippen molar-refractivity contribution in [1.82, 2.24) is 9.97 Å². The number of rotatable bonds is 4. The zero-order valence-corrected chi connectivity index (χ0v) is 15.0. The summed E-state index contributed by atoms with van der Waals surface area (Å²) in [4.78, 5) is 21.4. The minimum atomic E-state index is -3.70. The van der Waals surface area contributed by atoms with Crippen LogP contribution in [-0.2, 0) is 14.6 Å². The van der Waals surface area contributed by atoms with Gasteiger partial charge in [0.05, 0.1) is 25.5 Å². The van der Waals surface area contributed by atoms with E-state index >= 15 is 0 Å². The number of carboxylic acid groups (broad SMARTS) is 1. The van der Waals surface area contributed by atoms with E-state index in [1.807, 2.05) is 0 Å². The van der Waals surface area contributed by atoms with Gasteiger partial charge >= 0.3 is 5.97 Å². The highest BCUT2D eigenvalue weighted by Crippen LogP contribution is 2.34. The molecule has 0 amide bonds. The Hall–Kier alpha value is -2.82. The molecule has 1 aromatic heterocycles. The van der Waals surface area contributed by atoms with Gasteiger partial charge in [0.25, 0.3) is 0 Å². The van der Waals surface area contributed by atoms with Crippen LogP contribution < -0.4 is 20.1 Å². The largest absolute Gasteiger partial charge is 0.493 e. The Morgan fingerprint density at radius 3 is 2.54 bits per heavy atom. The molecule has 1 unspecified atom stereocenters. The Kier molecular flexibility index (Phi) is 4.48. The maximum atomic E-state index is 11.9. The van der Waals surface area contributed by atoms with Crippen LogP contribution in [0.5, 0.6) is 11.5 Å². The maximum absolute atomic E-state index is 11.9. The number of aromatic nitrogens is 2. The van der Waals surface area contributed by atoms with Gasteiger partial charge in [-0.25, -0.2) is 13.4 Å². The fraction of sp³-hybridized carbons (Fsp3) is 0.400. The monoisotopic (exact) mass is 382 g/mol. The number of nitrogens with two attached hydrogens (primary N) is 1. The van der Waals surface area contributed by atoms with Crippen molar-refractivity contribution >= 4 is 38.5 Å². The van der Waals surface area contributed by atoms with Crippen LogP contribution >= 0.6 is 0 Å². The molecule has 1 fully saturated rings. The van der Waals surface area contributed by atoms with E-state index in [1.165, 1.54) is 19.1 Å². The third kappa shape index (κ3) is 3.05. The zero-order chi connectivity index (χ0) is 19.1. The molecular weight excluding hydrogens is 364 g/mol. The van der Waals surface area contributed by atoms with Crippen LogP contribution in [0.25, 0.3) is 10.9 Å². The summed E-state index contributed by atoms with van der Waals surface area (Å²) in [6, 6.07) is 3.28. The number of methoxy groups -OCH3 is 2. The van der Waals surface area contributed by atoms with Gasteiger partial charge in [0.2, 0.25) is 5.95 Å². The summed E-state index contributed by atoms with van der Waals surface area (Å²) >= 11 is 0. The van der Waals surface area contributed by atoms with Crippen LogP contribution in [0.3, 0.4) is 0 Å². The molecule has 140 valence electrons. The lowest BCUT2D eigenvalue weighted by molar-refractivity contribution is -0.136.